The van der Waals surface area contributed by atoms with Crippen molar-refractivity contribution in [3.05, 3.63) is 88.5 Å². The topological polar surface area (TPSA) is 38.3 Å². The number of fused-ring (bicyclic) bond motifs is 3. The van der Waals surface area contributed by atoms with Crippen LogP contribution in [0, 0.1) is 19.3 Å². The number of terminal acetylenes is 1. The number of benzene rings is 3. The average molecular weight is 473 g/mol. The molecular weight excluding hydrogens is 453 g/mol. The Bertz CT molecular complexity index is 1190. The maximum Gasteiger partial charge on any atom is 1.00 e. The molecule has 3 nitrogen and oxygen atoms in total. The van der Waals surface area contributed by atoms with Crippen molar-refractivity contribution in [3.63, 3.8) is 0 Å². The Balaban J connectivity index is 0.00000306. The molecule has 0 heterocycles. The van der Waals surface area contributed by atoms with Gasteiger partial charge < -0.3 is 23.0 Å². The van der Waals surface area contributed by atoms with Crippen LogP contribution in [0.1, 0.15) is 33.7 Å². The first-order valence-electron chi connectivity index (χ1n) is 10.2. The van der Waals surface area contributed by atoms with Gasteiger partial charge in [-0.2, -0.15) is 0 Å². The van der Waals surface area contributed by atoms with Crippen LogP contribution in [-0.2, 0) is 11.3 Å². The Morgan fingerprint density at radius 3 is 2.18 bits per heavy atom. The number of nitrogens with one attached hydrogen (secondary N) is 1. The molecule has 0 unspecified atom stereocenters. The van der Waals surface area contributed by atoms with E-state index in [2.05, 4.69) is 11.2 Å². The summed E-state index contributed by atoms with van der Waals surface area (Å²) >= 11 is 0. The van der Waals surface area contributed by atoms with E-state index < -0.39 is 18.5 Å². The maximum absolute atomic E-state index is 13.4. The molecule has 0 atom stereocenters. The van der Waals surface area contributed by atoms with Crippen molar-refractivity contribution in [2.75, 3.05) is 6.61 Å². The van der Waals surface area contributed by atoms with Crippen LogP contribution < -0.4 is 62.2 Å². The van der Waals surface area contributed by atoms with Crippen molar-refractivity contribution in [1.82, 2.24) is 5.32 Å². The second kappa shape index (κ2) is 10.5. The number of carbonyl (C=O) groups is 1. The molecule has 1 amide bonds. The second-order valence-electron chi connectivity index (χ2n) is 7.76. The number of hydrogen-bond donors (Lipinski definition) is 1. The third kappa shape index (κ3) is 5.39. The summed E-state index contributed by atoms with van der Waals surface area (Å²) in [5.41, 5.74) is 4.08. The number of hydrogen-bond acceptors (Lipinski definition) is 2. The van der Waals surface area contributed by atoms with E-state index in [1.165, 1.54) is 13.0 Å². The molecule has 4 rings (SSSR count). The maximum atomic E-state index is 13.4. The summed E-state index contributed by atoms with van der Waals surface area (Å²) in [5.74, 6) is 2.19. The van der Waals surface area contributed by atoms with Gasteiger partial charge in [0, 0.05) is 18.0 Å². The average Bonchev–Trinajstić information content (AvgIpc) is 3.10. The van der Waals surface area contributed by atoms with Gasteiger partial charge in [0.2, 0.25) is 0 Å². The summed E-state index contributed by atoms with van der Waals surface area (Å²) in [6.07, 6.45) is 4.66. The van der Waals surface area contributed by atoms with Crippen LogP contribution in [0.2, 0.25) is 0 Å². The molecule has 0 spiro atoms. The van der Waals surface area contributed by atoms with Crippen LogP contribution in [0.3, 0.4) is 0 Å². The summed E-state index contributed by atoms with van der Waals surface area (Å²) < 4.78 is 45.5. The fourth-order valence-electron chi connectivity index (χ4n) is 4.21. The summed E-state index contributed by atoms with van der Waals surface area (Å²) in [6, 6.07) is 18.4. The Labute approximate surface area is 233 Å². The molecule has 1 aliphatic rings. The van der Waals surface area contributed by atoms with E-state index in [0.29, 0.717) is 0 Å². The molecule has 0 aliphatic heterocycles. The van der Waals surface area contributed by atoms with Gasteiger partial charge in [-0.3, -0.25) is 0 Å². The van der Waals surface area contributed by atoms with Crippen molar-refractivity contribution in [3.8, 4) is 23.5 Å². The largest absolute Gasteiger partial charge is 1.00 e. The molecule has 0 aromatic heterocycles. The summed E-state index contributed by atoms with van der Waals surface area (Å²) in [6.45, 7) is -3.86. The van der Waals surface area contributed by atoms with Gasteiger partial charge in [-0.1, -0.05) is 66.1 Å². The zero-order valence-electron chi connectivity index (χ0n) is 18.4. The number of amides is 1. The number of carbonyl (C=O) groups excluding carboxylic acids is 1. The summed E-state index contributed by atoms with van der Waals surface area (Å²) in [4.78, 5) is 12.3. The summed E-state index contributed by atoms with van der Waals surface area (Å²) in [7, 11) is 0. The minimum Gasteiger partial charge on any atom is -0.449 e. The zero-order valence-corrected chi connectivity index (χ0v) is 21.5. The molecule has 1 N–H and O–H groups in total. The SMILES string of the molecule is C#Cc1cc(CNC(=O)OCC2c3ccccc3-c3ccccc32)cc([B-](F)(F)F)c1C.[K+]. The van der Waals surface area contributed by atoms with Gasteiger partial charge in [-0.25, -0.2) is 4.79 Å². The van der Waals surface area contributed by atoms with E-state index in [4.69, 9.17) is 11.2 Å². The molecule has 1 aliphatic carbocycles. The van der Waals surface area contributed by atoms with E-state index in [0.717, 1.165) is 28.3 Å². The van der Waals surface area contributed by atoms with Crippen LogP contribution in [0.25, 0.3) is 11.1 Å². The first-order chi connectivity index (χ1) is 15.3. The van der Waals surface area contributed by atoms with Crippen molar-refractivity contribution in [2.45, 2.75) is 19.4 Å². The van der Waals surface area contributed by atoms with Crippen molar-refractivity contribution in [2.24, 2.45) is 0 Å². The Morgan fingerprint density at radius 1 is 1.06 bits per heavy atom. The zero-order chi connectivity index (χ0) is 22.9. The van der Waals surface area contributed by atoms with Crippen LogP contribution >= 0.6 is 0 Å². The van der Waals surface area contributed by atoms with Gasteiger partial charge in [0.05, 0.1) is 0 Å². The van der Waals surface area contributed by atoms with E-state index in [1.54, 1.807) is 0 Å². The molecule has 3 aromatic carbocycles. The normalized spacial score (nSPS) is 12.2. The van der Waals surface area contributed by atoms with E-state index in [-0.39, 0.29) is 87.1 Å². The van der Waals surface area contributed by atoms with Gasteiger partial charge in [-0.15, -0.1) is 11.9 Å². The third-order valence-electron chi connectivity index (χ3n) is 5.80. The standard InChI is InChI=1S/C25H20BF3NO2.K/c1-3-18-12-17(13-24(16(18)2)26(27,28)29)14-30-25(31)32-15-23-21-10-6-4-8-19(21)20-9-5-7-11-22(20)23;/h1,4-13,23H,14-15H2,2H3,(H,30,31);/q-1;+1. The van der Waals surface area contributed by atoms with E-state index >= 15 is 0 Å². The number of ether oxygens (including phenoxy) is 1. The van der Waals surface area contributed by atoms with E-state index in [1.807, 2.05) is 48.5 Å². The van der Waals surface area contributed by atoms with Gasteiger partial charge in [0.1, 0.15) is 6.61 Å². The van der Waals surface area contributed by atoms with Crippen LogP contribution in [-0.4, -0.2) is 19.7 Å². The van der Waals surface area contributed by atoms with Gasteiger partial charge in [0.15, 0.2) is 0 Å². The molecule has 3 aromatic rings. The van der Waals surface area contributed by atoms with Crippen molar-refractivity contribution < 1.29 is 73.9 Å². The molecule has 162 valence electrons. The molecular formula is C25H20BF3KNO2. The van der Waals surface area contributed by atoms with Crippen LogP contribution in [0.5, 0.6) is 0 Å². The van der Waals surface area contributed by atoms with Crippen LogP contribution in [0.4, 0.5) is 17.7 Å². The first-order valence-corrected chi connectivity index (χ1v) is 10.2. The predicted molar refractivity (Wildman–Crippen MR) is 120 cm³/mol. The minimum absolute atomic E-state index is 0. The Hall–Kier alpha value is -2.02. The van der Waals surface area contributed by atoms with Crippen molar-refractivity contribution in [1.29, 1.82) is 0 Å². The minimum atomic E-state index is -5.22. The Kier molecular flexibility index (Phi) is 8.14. The van der Waals surface area contributed by atoms with Crippen LogP contribution in [0.15, 0.2) is 60.7 Å². The number of rotatable bonds is 5. The fourth-order valence-corrected chi connectivity index (χ4v) is 4.21. The predicted octanol–water partition coefficient (Wildman–Crippen LogP) is 2.07. The van der Waals surface area contributed by atoms with Crippen molar-refractivity contribution >= 4 is 18.5 Å². The Morgan fingerprint density at radius 2 is 1.64 bits per heavy atom. The van der Waals surface area contributed by atoms with Gasteiger partial charge in [0.25, 0.3) is 0 Å². The fraction of sp³-hybridized carbons (Fsp3) is 0.160. The first kappa shape index (κ1) is 25.6. The molecule has 0 saturated carbocycles. The number of alkyl carbamates (subject to hydrolysis) is 1. The molecule has 0 fully saturated rings. The molecule has 33 heavy (non-hydrogen) atoms. The quantitative estimate of drug-likeness (QED) is 0.456. The summed E-state index contributed by atoms with van der Waals surface area (Å²) in [5, 5.41) is 2.53. The van der Waals surface area contributed by atoms with E-state index in [9.17, 15) is 17.7 Å². The monoisotopic (exact) mass is 473 g/mol. The molecule has 8 heteroatoms. The smallest absolute Gasteiger partial charge is 0.449 e. The molecule has 0 saturated heterocycles. The third-order valence-corrected chi connectivity index (χ3v) is 5.80. The second-order valence-corrected chi connectivity index (χ2v) is 7.76. The van der Waals surface area contributed by atoms with Gasteiger partial charge in [-0.05, 0) is 40.8 Å². The molecule has 0 bridgehead atoms. The number of halogens is 3. The van der Waals surface area contributed by atoms with Gasteiger partial charge >= 0.3 is 64.5 Å². The molecule has 0 radical (unpaired) electrons.